The molecule has 1 heterocycles. The fraction of sp³-hybridized carbons (Fsp3) is 0.750. The molecule has 0 aliphatic carbocycles. The smallest absolute Gasteiger partial charge is 0.303 e. The molecular weight excluding hydrogens is 289 g/mol. The van der Waals surface area contributed by atoms with E-state index in [2.05, 4.69) is 5.32 Å². The Morgan fingerprint density at radius 3 is 2.10 bits per heavy atom. The van der Waals surface area contributed by atoms with Crippen molar-refractivity contribution in [2.24, 2.45) is 0 Å². The van der Waals surface area contributed by atoms with E-state index in [1.165, 1.54) is 6.92 Å². The molecule has 8 nitrogen and oxygen atoms in total. The number of carbonyl (C=O) groups excluding carboxylic acids is 3. The highest BCUT2D eigenvalue weighted by atomic mass is 19.1. The van der Waals surface area contributed by atoms with Crippen molar-refractivity contribution in [3.8, 4) is 0 Å². The predicted octanol–water partition coefficient (Wildman–Crippen LogP) is -0.959. The van der Waals surface area contributed by atoms with Gasteiger partial charge in [-0.25, -0.2) is 4.39 Å². The van der Waals surface area contributed by atoms with Crippen LogP contribution in [0.3, 0.4) is 0 Å². The van der Waals surface area contributed by atoms with E-state index in [0.717, 1.165) is 13.8 Å². The summed E-state index contributed by atoms with van der Waals surface area (Å²) < 4.78 is 27.9. The van der Waals surface area contributed by atoms with Gasteiger partial charge in [-0.05, 0) is 0 Å². The summed E-state index contributed by atoms with van der Waals surface area (Å²) in [4.78, 5) is 33.5. The molecule has 0 radical (unpaired) electrons. The molecule has 2 N–H and O–H groups in total. The highest BCUT2D eigenvalue weighted by Crippen LogP contribution is 2.26. The number of ether oxygens (including phenoxy) is 3. The van der Waals surface area contributed by atoms with Crippen LogP contribution >= 0.6 is 0 Å². The van der Waals surface area contributed by atoms with E-state index < -0.39 is 55.2 Å². The zero-order valence-electron chi connectivity index (χ0n) is 11.9. The molecule has 0 spiro atoms. The second kappa shape index (κ2) is 7.32. The number of esters is 2. The van der Waals surface area contributed by atoms with E-state index in [-0.39, 0.29) is 0 Å². The lowest BCUT2D eigenvalue weighted by molar-refractivity contribution is -0.259. The molecule has 0 aromatic rings. The van der Waals surface area contributed by atoms with Gasteiger partial charge in [-0.1, -0.05) is 0 Å². The summed E-state index contributed by atoms with van der Waals surface area (Å²) in [5.74, 6) is -2.00. The maximum atomic E-state index is 13.0. The third kappa shape index (κ3) is 4.64. The molecule has 0 bridgehead atoms. The third-order valence-corrected chi connectivity index (χ3v) is 2.79. The number of rotatable bonds is 4. The van der Waals surface area contributed by atoms with Gasteiger partial charge >= 0.3 is 11.9 Å². The van der Waals surface area contributed by atoms with Crippen LogP contribution < -0.4 is 5.32 Å². The minimum atomic E-state index is -1.61. The number of nitrogens with one attached hydrogen (secondary N) is 1. The average molecular weight is 307 g/mol. The van der Waals surface area contributed by atoms with Gasteiger partial charge < -0.3 is 24.6 Å². The van der Waals surface area contributed by atoms with Gasteiger partial charge in [0, 0.05) is 20.8 Å². The molecule has 21 heavy (non-hydrogen) atoms. The van der Waals surface area contributed by atoms with Crippen LogP contribution in [0.2, 0.25) is 0 Å². The zero-order chi connectivity index (χ0) is 16.2. The highest BCUT2D eigenvalue weighted by Gasteiger charge is 2.49. The number of hydrogen-bond acceptors (Lipinski definition) is 7. The number of alkyl halides is 1. The number of hydrogen-bond donors (Lipinski definition) is 2. The van der Waals surface area contributed by atoms with Gasteiger partial charge in [-0.15, -0.1) is 0 Å². The van der Waals surface area contributed by atoms with E-state index in [1.54, 1.807) is 0 Å². The van der Waals surface area contributed by atoms with E-state index in [1.807, 2.05) is 0 Å². The lowest BCUT2D eigenvalue weighted by atomic mass is 9.96. The van der Waals surface area contributed by atoms with E-state index in [9.17, 15) is 23.9 Å². The highest BCUT2D eigenvalue weighted by molar-refractivity contribution is 5.73. The Bertz CT molecular complexity index is 416. The molecule has 9 heteroatoms. The van der Waals surface area contributed by atoms with Crippen molar-refractivity contribution >= 4 is 17.8 Å². The van der Waals surface area contributed by atoms with Crippen LogP contribution in [0, 0.1) is 0 Å². The second-order valence-corrected chi connectivity index (χ2v) is 4.59. The third-order valence-electron chi connectivity index (χ3n) is 2.79. The average Bonchev–Trinajstić information content (AvgIpc) is 2.35. The van der Waals surface area contributed by atoms with Crippen molar-refractivity contribution in [1.82, 2.24) is 5.32 Å². The Hall–Kier alpha value is -1.74. The molecule has 1 aliphatic heterocycles. The summed E-state index contributed by atoms with van der Waals surface area (Å²) in [5, 5.41) is 12.1. The molecule has 120 valence electrons. The van der Waals surface area contributed by atoms with E-state index in [4.69, 9.17) is 14.2 Å². The van der Waals surface area contributed by atoms with Gasteiger partial charge in [0.05, 0.1) is 0 Å². The quantitative estimate of drug-likeness (QED) is 0.643. The van der Waals surface area contributed by atoms with Crippen molar-refractivity contribution in [3.63, 3.8) is 0 Å². The Morgan fingerprint density at radius 1 is 1.14 bits per heavy atom. The van der Waals surface area contributed by atoms with Crippen molar-refractivity contribution in [2.75, 3.05) is 6.67 Å². The lowest BCUT2D eigenvalue weighted by Gasteiger charge is -2.42. The molecule has 5 atom stereocenters. The van der Waals surface area contributed by atoms with Gasteiger partial charge in [0.1, 0.15) is 18.8 Å². The number of aliphatic hydroxyl groups excluding tert-OH is 1. The Labute approximate surface area is 120 Å². The van der Waals surface area contributed by atoms with Gasteiger partial charge in [0.15, 0.2) is 18.5 Å². The Morgan fingerprint density at radius 2 is 1.67 bits per heavy atom. The SMILES string of the molecule is CC(=O)N[C@@H]1[C@@H](OC(C)=O)[C@@H](OC(C)=O)[C@@H](CF)O[C@@H]1O. The molecule has 0 aromatic heterocycles. The summed E-state index contributed by atoms with van der Waals surface area (Å²) in [5.41, 5.74) is 0. The van der Waals surface area contributed by atoms with Crippen molar-refractivity contribution in [1.29, 1.82) is 0 Å². The lowest BCUT2D eigenvalue weighted by Crippen LogP contribution is -2.65. The van der Waals surface area contributed by atoms with E-state index in [0.29, 0.717) is 0 Å². The van der Waals surface area contributed by atoms with Crippen LogP contribution in [0.25, 0.3) is 0 Å². The molecule has 1 aliphatic rings. The van der Waals surface area contributed by atoms with Crippen LogP contribution in [0.4, 0.5) is 4.39 Å². The van der Waals surface area contributed by atoms with Crippen molar-refractivity contribution < 1.29 is 38.1 Å². The fourth-order valence-electron chi connectivity index (χ4n) is 2.10. The second-order valence-electron chi connectivity index (χ2n) is 4.59. The van der Waals surface area contributed by atoms with Gasteiger partial charge in [-0.3, -0.25) is 14.4 Å². The van der Waals surface area contributed by atoms with Crippen LogP contribution in [-0.4, -0.2) is 60.3 Å². The van der Waals surface area contributed by atoms with Crippen LogP contribution in [0.1, 0.15) is 20.8 Å². The largest absolute Gasteiger partial charge is 0.456 e. The van der Waals surface area contributed by atoms with Crippen LogP contribution in [0.15, 0.2) is 0 Å². The molecular formula is C12H18FNO7. The predicted molar refractivity (Wildman–Crippen MR) is 65.6 cm³/mol. The summed E-state index contributed by atoms with van der Waals surface area (Å²) in [6.07, 6.45) is -5.46. The topological polar surface area (TPSA) is 111 Å². The molecule has 0 aromatic carbocycles. The molecule has 0 saturated carbocycles. The standard InChI is InChI=1S/C12H18FNO7/c1-5(15)14-9-11(20-7(3)17)10(19-6(2)16)8(4-13)21-12(9)18/h8-12,18H,4H2,1-3H3,(H,14,15)/t8-,9-,10+,11-,12+/m1/s1. The Balaban J connectivity index is 3.08. The first kappa shape index (κ1) is 17.3. The van der Waals surface area contributed by atoms with Gasteiger partial charge in [-0.2, -0.15) is 0 Å². The minimum absolute atomic E-state index is 0.528. The van der Waals surface area contributed by atoms with Crippen LogP contribution in [-0.2, 0) is 28.6 Å². The number of amides is 1. The molecule has 1 fully saturated rings. The molecule has 1 rings (SSSR count). The minimum Gasteiger partial charge on any atom is -0.456 e. The monoisotopic (exact) mass is 307 g/mol. The first-order valence-corrected chi connectivity index (χ1v) is 6.27. The molecule has 1 saturated heterocycles. The summed E-state index contributed by atoms with van der Waals surface area (Å²) in [7, 11) is 0. The normalized spacial score (nSPS) is 32.1. The number of aliphatic hydroxyl groups is 1. The first-order chi connectivity index (χ1) is 9.76. The van der Waals surface area contributed by atoms with Gasteiger partial charge in [0.2, 0.25) is 5.91 Å². The maximum Gasteiger partial charge on any atom is 0.303 e. The summed E-state index contributed by atoms with van der Waals surface area (Å²) >= 11 is 0. The summed E-state index contributed by atoms with van der Waals surface area (Å²) in [6, 6.07) is -1.18. The zero-order valence-corrected chi connectivity index (χ0v) is 11.9. The van der Waals surface area contributed by atoms with Crippen molar-refractivity contribution in [3.05, 3.63) is 0 Å². The van der Waals surface area contributed by atoms with E-state index >= 15 is 0 Å². The molecule has 0 unspecified atom stereocenters. The summed E-state index contributed by atoms with van der Waals surface area (Å²) in [6.45, 7) is 2.31. The molecule has 1 amide bonds. The number of carbonyl (C=O) groups is 3. The number of halogens is 1. The fourth-order valence-corrected chi connectivity index (χ4v) is 2.10. The van der Waals surface area contributed by atoms with Crippen LogP contribution in [0.5, 0.6) is 0 Å². The maximum absolute atomic E-state index is 13.0. The van der Waals surface area contributed by atoms with Gasteiger partial charge in [0.25, 0.3) is 0 Å². The Kier molecular flexibility index (Phi) is 6.03. The first-order valence-electron chi connectivity index (χ1n) is 6.27. The van der Waals surface area contributed by atoms with Crippen molar-refractivity contribution in [2.45, 2.75) is 51.4 Å².